The predicted molar refractivity (Wildman–Crippen MR) is 71.1 cm³/mol. The predicted octanol–water partition coefficient (Wildman–Crippen LogP) is 4.96. The molecule has 16 heavy (non-hydrogen) atoms. The van der Waals surface area contributed by atoms with Crippen molar-refractivity contribution in [3.05, 3.63) is 60.2 Å². The molecule has 0 radical (unpaired) electrons. The summed E-state index contributed by atoms with van der Waals surface area (Å²) in [7, 11) is 0. The van der Waals surface area contributed by atoms with Crippen molar-refractivity contribution < 1.29 is 0 Å². The third-order valence-corrected chi connectivity index (χ3v) is 3.50. The number of benzene rings is 2. The van der Waals surface area contributed by atoms with E-state index in [-0.39, 0.29) is 0 Å². The fraction of sp³-hybridized carbons (Fsp3) is 0.200. The molecule has 0 unspecified atom stereocenters. The molecule has 0 heterocycles. The smallest absolute Gasteiger partial charge is 0.0125 e. The zero-order valence-corrected chi connectivity index (χ0v) is 10.5. The summed E-state index contributed by atoms with van der Waals surface area (Å²) in [5.41, 5.74) is 1.40. The third-order valence-electron chi connectivity index (χ3n) is 2.50. The first kappa shape index (κ1) is 11.3. The first-order chi connectivity index (χ1) is 7.75. The normalized spacial score (nSPS) is 10.7. The van der Waals surface area contributed by atoms with Gasteiger partial charge in [0.1, 0.15) is 0 Å². The van der Waals surface area contributed by atoms with Gasteiger partial charge >= 0.3 is 0 Å². The Bertz CT molecular complexity index is 446. The zero-order chi connectivity index (χ0) is 11.4. The maximum atomic E-state index is 2.28. The van der Waals surface area contributed by atoms with Gasteiger partial charge in [-0.1, -0.05) is 55.9 Å². The highest BCUT2D eigenvalue weighted by molar-refractivity contribution is 7.99. The van der Waals surface area contributed by atoms with Crippen molar-refractivity contribution in [2.24, 2.45) is 0 Å². The molecule has 0 aliphatic carbocycles. The van der Waals surface area contributed by atoms with Crippen molar-refractivity contribution in [1.29, 1.82) is 0 Å². The summed E-state index contributed by atoms with van der Waals surface area (Å²) in [5.74, 6) is 0.594. The molecule has 0 fully saturated rings. The summed E-state index contributed by atoms with van der Waals surface area (Å²) in [6.07, 6.45) is 0. The van der Waals surface area contributed by atoms with Gasteiger partial charge in [-0.25, -0.2) is 0 Å². The van der Waals surface area contributed by atoms with Gasteiger partial charge in [0.05, 0.1) is 0 Å². The fourth-order valence-corrected chi connectivity index (χ4v) is 2.47. The minimum absolute atomic E-state index is 0.594. The van der Waals surface area contributed by atoms with Crippen LogP contribution in [-0.4, -0.2) is 0 Å². The number of rotatable bonds is 3. The van der Waals surface area contributed by atoms with E-state index in [4.69, 9.17) is 0 Å². The van der Waals surface area contributed by atoms with E-state index in [9.17, 15) is 0 Å². The molecule has 0 aromatic heterocycles. The second-order valence-electron chi connectivity index (χ2n) is 4.14. The van der Waals surface area contributed by atoms with Gasteiger partial charge < -0.3 is 0 Å². The zero-order valence-electron chi connectivity index (χ0n) is 9.68. The summed E-state index contributed by atoms with van der Waals surface area (Å²) >= 11 is 1.82. The third kappa shape index (κ3) is 2.89. The molecule has 0 spiro atoms. The van der Waals surface area contributed by atoms with Crippen LogP contribution in [0.5, 0.6) is 0 Å². The SMILES string of the molecule is CC(C)c1cccc(Sc2ccccc2)c1. The van der Waals surface area contributed by atoms with Crippen molar-refractivity contribution >= 4 is 11.8 Å². The minimum Gasteiger partial charge on any atom is -0.0901 e. The molecule has 2 rings (SSSR count). The Labute approximate surface area is 102 Å². The molecule has 0 atom stereocenters. The van der Waals surface area contributed by atoms with Crippen LogP contribution in [0.2, 0.25) is 0 Å². The van der Waals surface area contributed by atoms with Crippen LogP contribution in [0.15, 0.2) is 64.4 Å². The molecule has 0 bridgehead atoms. The lowest BCUT2D eigenvalue weighted by atomic mass is 10.0. The molecule has 82 valence electrons. The van der Waals surface area contributed by atoms with Crippen molar-refractivity contribution in [1.82, 2.24) is 0 Å². The Morgan fingerprint density at radius 1 is 0.812 bits per heavy atom. The summed E-state index contributed by atoms with van der Waals surface area (Å²) in [4.78, 5) is 2.61. The van der Waals surface area contributed by atoms with Crippen molar-refractivity contribution in [2.45, 2.75) is 29.6 Å². The van der Waals surface area contributed by atoms with Gasteiger partial charge in [0.2, 0.25) is 0 Å². The first-order valence-corrected chi connectivity index (χ1v) is 6.40. The van der Waals surface area contributed by atoms with Gasteiger partial charge in [0, 0.05) is 9.79 Å². The maximum absolute atomic E-state index is 2.28. The Hall–Kier alpha value is -1.21. The van der Waals surface area contributed by atoms with E-state index in [1.54, 1.807) is 0 Å². The van der Waals surface area contributed by atoms with Gasteiger partial charge in [-0.15, -0.1) is 0 Å². The lowest BCUT2D eigenvalue weighted by Crippen LogP contribution is -1.86. The van der Waals surface area contributed by atoms with Gasteiger partial charge in [-0.2, -0.15) is 0 Å². The highest BCUT2D eigenvalue weighted by atomic mass is 32.2. The molecule has 0 aliphatic rings. The summed E-state index contributed by atoms with van der Waals surface area (Å²) in [6, 6.07) is 19.3. The lowest BCUT2D eigenvalue weighted by Gasteiger charge is -2.07. The van der Waals surface area contributed by atoms with E-state index in [2.05, 4.69) is 68.4 Å². The molecule has 0 amide bonds. The van der Waals surface area contributed by atoms with Crippen LogP contribution in [0.25, 0.3) is 0 Å². The maximum Gasteiger partial charge on any atom is 0.0125 e. The van der Waals surface area contributed by atoms with E-state index in [0.717, 1.165) is 0 Å². The topological polar surface area (TPSA) is 0 Å². The summed E-state index contributed by atoms with van der Waals surface area (Å²) in [6.45, 7) is 4.46. The van der Waals surface area contributed by atoms with Crippen LogP contribution < -0.4 is 0 Å². The van der Waals surface area contributed by atoms with Crippen LogP contribution in [0.1, 0.15) is 25.3 Å². The number of hydrogen-bond acceptors (Lipinski definition) is 1. The van der Waals surface area contributed by atoms with Crippen LogP contribution in [0.4, 0.5) is 0 Å². The average Bonchev–Trinajstić information content (AvgIpc) is 2.30. The van der Waals surface area contributed by atoms with Gasteiger partial charge in [-0.05, 0) is 35.7 Å². The lowest BCUT2D eigenvalue weighted by molar-refractivity contribution is 0.862. The monoisotopic (exact) mass is 228 g/mol. The Kier molecular flexibility index (Phi) is 3.68. The fourth-order valence-electron chi connectivity index (χ4n) is 1.56. The van der Waals surface area contributed by atoms with Crippen LogP contribution in [-0.2, 0) is 0 Å². The highest BCUT2D eigenvalue weighted by Gasteiger charge is 2.01. The standard InChI is InChI=1S/C15H16S/c1-12(2)13-7-6-10-15(11-13)16-14-8-4-3-5-9-14/h3-12H,1-2H3. The van der Waals surface area contributed by atoms with Gasteiger partial charge in [-0.3, -0.25) is 0 Å². The molecule has 0 saturated carbocycles. The molecular weight excluding hydrogens is 212 g/mol. The molecule has 0 aliphatic heterocycles. The molecule has 0 N–H and O–H groups in total. The van der Waals surface area contributed by atoms with E-state index >= 15 is 0 Å². The highest BCUT2D eigenvalue weighted by Crippen LogP contribution is 2.29. The molecule has 1 heteroatoms. The molecule has 2 aromatic carbocycles. The molecule has 0 saturated heterocycles. The second kappa shape index (κ2) is 5.22. The van der Waals surface area contributed by atoms with Crippen molar-refractivity contribution in [2.75, 3.05) is 0 Å². The molecular formula is C15H16S. The van der Waals surface area contributed by atoms with Crippen molar-refractivity contribution in [3.63, 3.8) is 0 Å². The van der Waals surface area contributed by atoms with E-state index in [0.29, 0.717) is 5.92 Å². The average molecular weight is 228 g/mol. The van der Waals surface area contributed by atoms with E-state index < -0.39 is 0 Å². The van der Waals surface area contributed by atoms with Gasteiger partial charge in [0.15, 0.2) is 0 Å². The Balaban J connectivity index is 2.19. The Morgan fingerprint density at radius 2 is 1.50 bits per heavy atom. The van der Waals surface area contributed by atoms with Crippen LogP contribution in [0.3, 0.4) is 0 Å². The van der Waals surface area contributed by atoms with Crippen molar-refractivity contribution in [3.8, 4) is 0 Å². The van der Waals surface area contributed by atoms with E-state index in [1.807, 2.05) is 11.8 Å². The Morgan fingerprint density at radius 3 is 2.19 bits per heavy atom. The number of hydrogen-bond donors (Lipinski definition) is 0. The quantitative estimate of drug-likeness (QED) is 0.715. The summed E-state index contributed by atoms with van der Waals surface area (Å²) < 4.78 is 0. The van der Waals surface area contributed by atoms with Crippen LogP contribution in [0, 0.1) is 0 Å². The second-order valence-corrected chi connectivity index (χ2v) is 5.29. The van der Waals surface area contributed by atoms with Gasteiger partial charge in [0.25, 0.3) is 0 Å². The largest absolute Gasteiger partial charge is 0.0901 e. The van der Waals surface area contributed by atoms with E-state index in [1.165, 1.54) is 15.4 Å². The molecule has 0 nitrogen and oxygen atoms in total. The summed E-state index contributed by atoms with van der Waals surface area (Å²) in [5, 5.41) is 0. The molecule has 2 aromatic rings. The first-order valence-electron chi connectivity index (χ1n) is 5.58. The minimum atomic E-state index is 0.594. The van der Waals surface area contributed by atoms with Crippen LogP contribution >= 0.6 is 11.8 Å².